The number of benzene rings is 2. The molecule has 0 amide bonds. The molecule has 2 aromatic carbocycles. The Balaban J connectivity index is 1.73. The van der Waals surface area contributed by atoms with Crippen molar-refractivity contribution in [3.8, 4) is 34.3 Å². The second-order valence-electron chi connectivity index (χ2n) is 6.11. The van der Waals surface area contributed by atoms with Crippen LogP contribution in [0.4, 0.5) is 0 Å². The van der Waals surface area contributed by atoms with Gasteiger partial charge in [-0.3, -0.25) is 4.79 Å². The van der Waals surface area contributed by atoms with Gasteiger partial charge in [0.15, 0.2) is 23.0 Å². The van der Waals surface area contributed by atoms with Gasteiger partial charge in [-0.2, -0.15) is 0 Å². The van der Waals surface area contributed by atoms with Crippen LogP contribution in [0.1, 0.15) is 5.56 Å². The number of hydrogen-bond donors (Lipinski definition) is 2. The molecule has 1 aromatic heterocycles. The Morgan fingerprint density at radius 3 is 2.58 bits per heavy atom. The molecule has 0 radical (unpaired) electrons. The molecule has 26 heavy (non-hydrogen) atoms. The average Bonchev–Trinajstić information content (AvgIpc) is 3.29. The number of pyridine rings is 1. The van der Waals surface area contributed by atoms with Gasteiger partial charge >= 0.3 is 0 Å². The van der Waals surface area contributed by atoms with E-state index < -0.39 is 0 Å². The second-order valence-corrected chi connectivity index (χ2v) is 6.11. The predicted octanol–water partition coefficient (Wildman–Crippen LogP) is 2.19. The van der Waals surface area contributed by atoms with Crippen LogP contribution in [0.3, 0.4) is 0 Å². The third-order valence-electron chi connectivity index (χ3n) is 4.62. The summed E-state index contributed by atoms with van der Waals surface area (Å²) >= 11 is 0. The van der Waals surface area contributed by atoms with Crippen molar-refractivity contribution in [3.05, 3.63) is 46.2 Å². The first-order valence-corrected chi connectivity index (χ1v) is 8.24. The van der Waals surface area contributed by atoms with Crippen molar-refractivity contribution >= 4 is 10.8 Å². The molecule has 7 nitrogen and oxygen atoms in total. The molecular weight excluding hydrogens is 338 g/mol. The molecule has 132 valence electrons. The molecule has 0 atom stereocenters. The molecule has 0 fully saturated rings. The summed E-state index contributed by atoms with van der Waals surface area (Å²) in [5.74, 6) is 2.30. The van der Waals surface area contributed by atoms with E-state index in [1.54, 1.807) is 6.07 Å². The molecule has 3 heterocycles. The number of H-pyrrole nitrogens is 1. The maximum absolute atomic E-state index is 12.7. The highest BCUT2D eigenvalue weighted by atomic mass is 16.7. The Labute approximate surface area is 147 Å². The van der Waals surface area contributed by atoms with Crippen LogP contribution in [-0.2, 0) is 6.42 Å². The highest BCUT2D eigenvalue weighted by molar-refractivity contribution is 5.92. The van der Waals surface area contributed by atoms with E-state index >= 15 is 0 Å². The zero-order valence-electron chi connectivity index (χ0n) is 13.7. The monoisotopic (exact) mass is 353 g/mol. The summed E-state index contributed by atoms with van der Waals surface area (Å²) < 4.78 is 21.7. The van der Waals surface area contributed by atoms with Crippen LogP contribution in [0.25, 0.3) is 22.0 Å². The van der Waals surface area contributed by atoms with Crippen LogP contribution < -0.4 is 24.5 Å². The first kappa shape index (κ1) is 15.1. The molecule has 2 aliphatic heterocycles. The lowest BCUT2D eigenvalue weighted by Gasteiger charge is -2.12. The maximum atomic E-state index is 12.7. The summed E-state index contributed by atoms with van der Waals surface area (Å²) in [5, 5.41) is 10.6. The fourth-order valence-corrected chi connectivity index (χ4v) is 3.43. The molecule has 5 rings (SSSR count). The summed E-state index contributed by atoms with van der Waals surface area (Å²) in [6, 6.07) is 9.19. The fourth-order valence-electron chi connectivity index (χ4n) is 3.43. The van der Waals surface area contributed by atoms with Gasteiger partial charge in [-0.1, -0.05) is 6.07 Å². The molecule has 0 aliphatic carbocycles. The van der Waals surface area contributed by atoms with Crippen molar-refractivity contribution in [2.45, 2.75) is 6.42 Å². The summed E-state index contributed by atoms with van der Waals surface area (Å²) in [7, 11) is 0. The number of aliphatic hydroxyl groups excluding tert-OH is 1. The zero-order chi connectivity index (χ0) is 17.7. The second kappa shape index (κ2) is 5.67. The van der Waals surface area contributed by atoms with E-state index in [-0.39, 0.29) is 25.8 Å². The lowest BCUT2D eigenvalue weighted by molar-refractivity contribution is 0.174. The SMILES string of the molecule is O=c1[nH]c(-c2cc3c(cc2CCO)OCO3)cc2ccc3c(c12)OCO3. The number of aromatic nitrogens is 1. The van der Waals surface area contributed by atoms with E-state index in [0.717, 1.165) is 16.5 Å². The minimum Gasteiger partial charge on any atom is -0.454 e. The van der Waals surface area contributed by atoms with Crippen molar-refractivity contribution in [3.63, 3.8) is 0 Å². The van der Waals surface area contributed by atoms with Gasteiger partial charge in [0, 0.05) is 17.9 Å². The van der Waals surface area contributed by atoms with Crippen molar-refractivity contribution in [2.24, 2.45) is 0 Å². The quantitative estimate of drug-likeness (QED) is 0.750. The number of fused-ring (bicyclic) bond motifs is 4. The van der Waals surface area contributed by atoms with E-state index in [2.05, 4.69) is 4.98 Å². The summed E-state index contributed by atoms with van der Waals surface area (Å²) in [5.41, 5.74) is 2.04. The molecule has 0 bridgehead atoms. The van der Waals surface area contributed by atoms with Crippen LogP contribution in [0.15, 0.2) is 35.1 Å². The minimum absolute atomic E-state index is 0.0108. The molecule has 0 saturated heterocycles. The lowest BCUT2D eigenvalue weighted by Crippen LogP contribution is -2.09. The van der Waals surface area contributed by atoms with Crippen LogP contribution in [0.5, 0.6) is 23.0 Å². The molecule has 2 aliphatic rings. The average molecular weight is 353 g/mol. The maximum Gasteiger partial charge on any atom is 0.260 e. The van der Waals surface area contributed by atoms with Crippen LogP contribution in [0.2, 0.25) is 0 Å². The Morgan fingerprint density at radius 1 is 0.962 bits per heavy atom. The Hall–Kier alpha value is -3.19. The van der Waals surface area contributed by atoms with Gasteiger partial charge in [0.2, 0.25) is 13.6 Å². The van der Waals surface area contributed by atoms with E-state index in [4.69, 9.17) is 18.9 Å². The van der Waals surface area contributed by atoms with Crippen LogP contribution >= 0.6 is 0 Å². The predicted molar refractivity (Wildman–Crippen MR) is 93.0 cm³/mol. The topological polar surface area (TPSA) is 90.0 Å². The fraction of sp³-hybridized carbons (Fsp3) is 0.211. The third-order valence-corrected chi connectivity index (χ3v) is 4.62. The highest BCUT2D eigenvalue weighted by Crippen LogP contribution is 2.41. The molecular formula is C19H15NO6. The van der Waals surface area contributed by atoms with Gasteiger partial charge in [0.25, 0.3) is 5.56 Å². The normalized spacial score (nSPS) is 14.2. The summed E-state index contributed by atoms with van der Waals surface area (Å²) in [6.07, 6.45) is 0.438. The molecule has 3 aromatic rings. The minimum atomic E-state index is -0.257. The van der Waals surface area contributed by atoms with E-state index in [9.17, 15) is 9.90 Å². The van der Waals surface area contributed by atoms with Crippen LogP contribution in [-0.4, -0.2) is 30.3 Å². The first-order chi connectivity index (χ1) is 12.7. The number of hydrogen-bond acceptors (Lipinski definition) is 6. The number of aliphatic hydroxyl groups is 1. The molecule has 7 heteroatoms. The van der Waals surface area contributed by atoms with Gasteiger partial charge in [-0.05, 0) is 41.6 Å². The Morgan fingerprint density at radius 2 is 1.73 bits per heavy atom. The van der Waals surface area contributed by atoms with Crippen molar-refractivity contribution < 1.29 is 24.1 Å². The van der Waals surface area contributed by atoms with Gasteiger partial charge in [0.1, 0.15) is 0 Å². The van der Waals surface area contributed by atoms with E-state index in [1.165, 1.54) is 0 Å². The highest BCUT2D eigenvalue weighted by Gasteiger charge is 2.22. The smallest absolute Gasteiger partial charge is 0.260 e. The van der Waals surface area contributed by atoms with Gasteiger partial charge < -0.3 is 29.0 Å². The standard InChI is InChI=1S/C19H15NO6/c21-4-3-10-6-15-16(25-8-24-15)7-12(10)13-5-11-1-2-14-18(26-9-23-14)17(11)19(22)20-13/h1-2,5-7,21H,3-4,8-9H2,(H,20,22). The summed E-state index contributed by atoms with van der Waals surface area (Å²) in [6.45, 7) is 0.261. The van der Waals surface area contributed by atoms with Gasteiger partial charge in [-0.25, -0.2) is 0 Å². The van der Waals surface area contributed by atoms with E-state index in [1.807, 2.05) is 24.3 Å². The van der Waals surface area contributed by atoms with Gasteiger partial charge in [-0.15, -0.1) is 0 Å². The molecule has 0 saturated carbocycles. The summed E-state index contributed by atoms with van der Waals surface area (Å²) in [4.78, 5) is 15.7. The van der Waals surface area contributed by atoms with Crippen molar-refractivity contribution in [2.75, 3.05) is 20.2 Å². The number of rotatable bonds is 3. The lowest BCUT2D eigenvalue weighted by atomic mass is 9.99. The largest absolute Gasteiger partial charge is 0.454 e. The first-order valence-electron chi connectivity index (χ1n) is 8.24. The van der Waals surface area contributed by atoms with Crippen LogP contribution in [0, 0.1) is 0 Å². The third kappa shape index (κ3) is 2.21. The number of aromatic amines is 1. The molecule has 0 unspecified atom stereocenters. The van der Waals surface area contributed by atoms with Crippen molar-refractivity contribution in [1.82, 2.24) is 4.98 Å². The van der Waals surface area contributed by atoms with Crippen molar-refractivity contribution in [1.29, 1.82) is 0 Å². The number of ether oxygens (including phenoxy) is 4. The molecule has 2 N–H and O–H groups in total. The zero-order valence-corrected chi connectivity index (χ0v) is 13.7. The molecule has 0 spiro atoms. The van der Waals surface area contributed by atoms with E-state index in [0.29, 0.717) is 40.5 Å². The number of nitrogens with one attached hydrogen (secondary N) is 1. The van der Waals surface area contributed by atoms with Gasteiger partial charge in [0.05, 0.1) is 5.39 Å². The Kier molecular flexibility index (Phi) is 3.29. The Bertz CT molecular complexity index is 1090.